The number of anilines is 1. The summed E-state index contributed by atoms with van der Waals surface area (Å²) in [7, 11) is 1.55. The molecule has 0 aliphatic heterocycles. The number of rotatable bonds is 6. The van der Waals surface area contributed by atoms with Crippen molar-refractivity contribution in [1.82, 2.24) is 0 Å². The van der Waals surface area contributed by atoms with Crippen molar-refractivity contribution in [2.45, 2.75) is 13.8 Å². The number of aryl methyl sites for hydroxylation is 1. The van der Waals surface area contributed by atoms with Crippen LogP contribution in [0.3, 0.4) is 0 Å². The Kier molecular flexibility index (Phi) is 5.44. The van der Waals surface area contributed by atoms with Gasteiger partial charge >= 0.3 is 5.97 Å². The second-order valence-electron chi connectivity index (χ2n) is 6.18. The molecule has 0 fully saturated rings. The summed E-state index contributed by atoms with van der Waals surface area (Å²) in [6.07, 6.45) is 0. The van der Waals surface area contributed by atoms with Crippen LogP contribution in [0, 0.1) is 6.92 Å². The van der Waals surface area contributed by atoms with E-state index in [0.29, 0.717) is 28.1 Å². The molecule has 0 unspecified atom stereocenters. The first-order chi connectivity index (χ1) is 13.4. The molecule has 3 aromatic rings. The highest BCUT2D eigenvalue weighted by Crippen LogP contribution is 2.29. The van der Waals surface area contributed by atoms with Crippen LogP contribution in [0.25, 0.3) is 11.0 Å². The summed E-state index contributed by atoms with van der Waals surface area (Å²) in [5.41, 5.74) is 2.05. The Bertz CT molecular complexity index is 1070. The number of carbonyl (C=O) groups is 3. The van der Waals surface area contributed by atoms with Crippen molar-refractivity contribution in [3.05, 3.63) is 59.4 Å². The molecule has 1 heterocycles. The summed E-state index contributed by atoms with van der Waals surface area (Å²) in [4.78, 5) is 35.8. The number of ether oxygens (including phenoxy) is 2. The van der Waals surface area contributed by atoms with Gasteiger partial charge in [0.1, 0.15) is 11.3 Å². The Morgan fingerprint density at radius 3 is 2.61 bits per heavy atom. The van der Waals surface area contributed by atoms with E-state index in [2.05, 4.69) is 5.32 Å². The molecule has 1 N–H and O–H groups in total. The molecule has 1 amide bonds. The lowest BCUT2D eigenvalue weighted by molar-refractivity contribution is -0.119. The van der Waals surface area contributed by atoms with E-state index < -0.39 is 18.5 Å². The molecule has 144 valence electrons. The maximum atomic E-state index is 12.3. The Balaban J connectivity index is 1.66. The van der Waals surface area contributed by atoms with E-state index in [1.165, 1.54) is 6.92 Å². The highest BCUT2D eigenvalue weighted by Gasteiger charge is 2.20. The van der Waals surface area contributed by atoms with E-state index in [1.807, 2.05) is 0 Å². The molecule has 3 rings (SSSR count). The number of ketones is 1. The fraction of sp³-hybridized carbons (Fsp3) is 0.190. The number of carbonyl (C=O) groups excluding carboxylic acids is 3. The number of benzene rings is 2. The van der Waals surface area contributed by atoms with E-state index in [0.717, 1.165) is 5.39 Å². The van der Waals surface area contributed by atoms with Crippen molar-refractivity contribution in [3.63, 3.8) is 0 Å². The second kappa shape index (κ2) is 7.96. The molecule has 2 aromatic carbocycles. The normalized spacial score (nSPS) is 10.5. The van der Waals surface area contributed by atoms with Gasteiger partial charge in [-0.25, -0.2) is 4.79 Å². The van der Waals surface area contributed by atoms with Crippen LogP contribution in [0.15, 0.2) is 46.9 Å². The maximum absolute atomic E-state index is 12.3. The number of Topliss-reactive ketones (excluding diaryl/α,β-unsaturated/α-hetero) is 1. The van der Waals surface area contributed by atoms with Crippen molar-refractivity contribution in [1.29, 1.82) is 0 Å². The molecule has 0 atom stereocenters. The van der Waals surface area contributed by atoms with Crippen molar-refractivity contribution in [2.24, 2.45) is 0 Å². The molecular weight excluding hydrogens is 362 g/mol. The van der Waals surface area contributed by atoms with Gasteiger partial charge in [0.2, 0.25) is 5.76 Å². The Hall–Kier alpha value is -3.61. The van der Waals surface area contributed by atoms with Crippen LogP contribution in [0.4, 0.5) is 5.69 Å². The van der Waals surface area contributed by atoms with Crippen LogP contribution in [-0.2, 0) is 9.53 Å². The number of methoxy groups -OCH3 is 1. The van der Waals surface area contributed by atoms with E-state index in [1.54, 1.807) is 56.5 Å². The number of amides is 1. The molecule has 0 bridgehead atoms. The molecule has 7 heteroatoms. The van der Waals surface area contributed by atoms with E-state index in [4.69, 9.17) is 13.9 Å². The molecule has 28 heavy (non-hydrogen) atoms. The topological polar surface area (TPSA) is 94.8 Å². The average molecular weight is 381 g/mol. The largest absolute Gasteiger partial charge is 0.497 e. The smallest absolute Gasteiger partial charge is 0.375 e. The molecule has 0 saturated carbocycles. The molecule has 0 radical (unpaired) electrons. The first kappa shape index (κ1) is 19.2. The van der Waals surface area contributed by atoms with Crippen LogP contribution >= 0.6 is 0 Å². The zero-order chi connectivity index (χ0) is 20.3. The summed E-state index contributed by atoms with van der Waals surface area (Å²) in [6, 6.07) is 11.7. The van der Waals surface area contributed by atoms with Gasteiger partial charge in [-0.3, -0.25) is 9.59 Å². The lowest BCUT2D eigenvalue weighted by Gasteiger charge is -2.07. The highest BCUT2D eigenvalue weighted by molar-refractivity contribution is 5.99. The monoisotopic (exact) mass is 381 g/mol. The number of furan rings is 1. The number of hydrogen-bond acceptors (Lipinski definition) is 6. The molecular formula is C21H19NO6. The van der Waals surface area contributed by atoms with Gasteiger partial charge < -0.3 is 19.2 Å². The van der Waals surface area contributed by atoms with Crippen LogP contribution < -0.4 is 10.1 Å². The Morgan fingerprint density at radius 1 is 1.11 bits per heavy atom. The van der Waals surface area contributed by atoms with Crippen LogP contribution in [0.1, 0.15) is 33.4 Å². The van der Waals surface area contributed by atoms with Gasteiger partial charge in [-0.2, -0.15) is 0 Å². The van der Waals surface area contributed by atoms with E-state index in [-0.39, 0.29) is 11.5 Å². The van der Waals surface area contributed by atoms with Gasteiger partial charge in [0.05, 0.1) is 7.11 Å². The summed E-state index contributed by atoms with van der Waals surface area (Å²) in [5, 5.41) is 3.32. The van der Waals surface area contributed by atoms with Crippen LogP contribution in [0.2, 0.25) is 0 Å². The summed E-state index contributed by atoms with van der Waals surface area (Å²) in [6.45, 7) is 2.69. The Morgan fingerprint density at radius 2 is 1.89 bits per heavy atom. The quantitative estimate of drug-likeness (QED) is 0.516. The number of fused-ring (bicyclic) bond motifs is 1. The van der Waals surface area contributed by atoms with Crippen molar-refractivity contribution >= 4 is 34.3 Å². The van der Waals surface area contributed by atoms with Gasteiger partial charge in [-0.1, -0.05) is 12.1 Å². The SMILES string of the molecule is COc1ccc2oc(C(=O)OCC(=O)Nc3cccc(C(C)=O)c3)c(C)c2c1. The van der Waals surface area contributed by atoms with Crippen molar-refractivity contribution in [2.75, 3.05) is 19.0 Å². The van der Waals surface area contributed by atoms with Gasteiger partial charge in [-0.15, -0.1) is 0 Å². The summed E-state index contributed by atoms with van der Waals surface area (Å²) < 4.78 is 15.8. The number of esters is 1. The van der Waals surface area contributed by atoms with Gasteiger partial charge in [0, 0.05) is 22.2 Å². The standard InChI is InChI=1S/C21H19NO6/c1-12-17-10-16(26-3)7-8-18(17)28-20(12)21(25)27-11-19(24)22-15-6-4-5-14(9-15)13(2)23/h4-10H,11H2,1-3H3,(H,22,24). The molecule has 0 aliphatic carbocycles. The molecule has 0 aliphatic rings. The minimum Gasteiger partial charge on any atom is -0.497 e. The number of nitrogens with one attached hydrogen (secondary N) is 1. The van der Waals surface area contributed by atoms with E-state index >= 15 is 0 Å². The third-order valence-electron chi connectivity index (χ3n) is 4.22. The van der Waals surface area contributed by atoms with Gasteiger partial charge in [-0.05, 0) is 44.2 Å². The Labute approximate surface area is 161 Å². The zero-order valence-electron chi connectivity index (χ0n) is 15.7. The predicted molar refractivity (Wildman–Crippen MR) is 103 cm³/mol. The van der Waals surface area contributed by atoms with Crippen molar-refractivity contribution < 1.29 is 28.3 Å². The first-order valence-corrected chi connectivity index (χ1v) is 8.54. The third kappa shape index (κ3) is 4.03. The highest BCUT2D eigenvalue weighted by atomic mass is 16.5. The maximum Gasteiger partial charge on any atom is 0.375 e. The van der Waals surface area contributed by atoms with Gasteiger partial charge in [0.25, 0.3) is 5.91 Å². The first-order valence-electron chi connectivity index (χ1n) is 8.54. The lowest BCUT2D eigenvalue weighted by Crippen LogP contribution is -2.21. The van der Waals surface area contributed by atoms with E-state index in [9.17, 15) is 14.4 Å². The second-order valence-corrected chi connectivity index (χ2v) is 6.18. The summed E-state index contributed by atoms with van der Waals surface area (Å²) >= 11 is 0. The van der Waals surface area contributed by atoms with Gasteiger partial charge in [0.15, 0.2) is 12.4 Å². The third-order valence-corrected chi connectivity index (χ3v) is 4.22. The number of hydrogen-bond donors (Lipinski definition) is 1. The molecule has 7 nitrogen and oxygen atoms in total. The van der Waals surface area contributed by atoms with Crippen LogP contribution in [0.5, 0.6) is 5.75 Å². The fourth-order valence-corrected chi connectivity index (χ4v) is 2.73. The fourth-order valence-electron chi connectivity index (χ4n) is 2.73. The molecule has 1 aromatic heterocycles. The average Bonchev–Trinajstić information content (AvgIpc) is 3.02. The van der Waals surface area contributed by atoms with Crippen LogP contribution in [-0.4, -0.2) is 31.4 Å². The molecule has 0 spiro atoms. The summed E-state index contributed by atoms with van der Waals surface area (Å²) in [5.74, 6) is -0.692. The predicted octanol–water partition coefficient (Wildman–Crippen LogP) is 3.75. The minimum absolute atomic E-state index is 0.0367. The zero-order valence-corrected chi connectivity index (χ0v) is 15.7. The minimum atomic E-state index is -0.736. The molecule has 0 saturated heterocycles. The lowest BCUT2D eigenvalue weighted by atomic mass is 10.1. The van der Waals surface area contributed by atoms with Crippen molar-refractivity contribution in [3.8, 4) is 5.75 Å².